The number of nitrogens with one attached hydrogen (secondary N) is 1. The van der Waals surface area contributed by atoms with Gasteiger partial charge in [-0.15, -0.1) is 0 Å². The summed E-state index contributed by atoms with van der Waals surface area (Å²) in [6.45, 7) is 3.78. The van der Waals surface area contributed by atoms with Crippen LogP contribution in [0.1, 0.15) is 37.0 Å². The first-order valence-electron chi connectivity index (χ1n) is 5.86. The van der Waals surface area contributed by atoms with Gasteiger partial charge >= 0.3 is 0 Å². The second-order valence-electron chi connectivity index (χ2n) is 4.22. The topological polar surface area (TPSA) is 49.3 Å². The summed E-state index contributed by atoms with van der Waals surface area (Å²) < 4.78 is 0.823. The highest BCUT2D eigenvalue weighted by atomic mass is 79.9. The van der Waals surface area contributed by atoms with Crippen LogP contribution in [0.3, 0.4) is 0 Å². The first-order chi connectivity index (χ1) is 8.48. The Bertz CT molecular complexity index is 425. The molecule has 2 N–H and O–H groups in total. The number of hydrogen-bond acceptors (Lipinski definition) is 2. The Hall–Kier alpha value is -0.580. The standard InChI is InChI=1S/C13H17BrClNO2/c1-3-13(4-2,8-17)16-12(18)10-6-5-9(14)7-11(10)15/h5-7,17H,3-4,8H2,1-2H3,(H,16,18). The Kier molecular flexibility index (Phi) is 5.63. The number of carbonyl (C=O) groups excluding carboxylic acids is 1. The van der Waals surface area contributed by atoms with Crippen molar-refractivity contribution in [1.29, 1.82) is 0 Å². The number of carbonyl (C=O) groups is 1. The molecule has 1 rings (SSSR count). The van der Waals surface area contributed by atoms with Crippen LogP contribution in [0.15, 0.2) is 22.7 Å². The largest absolute Gasteiger partial charge is 0.394 e. The third-order valence-electron chi connectivity index (χ3n) is 3.21. The van der Waals surface area contributed by atoms with E-state index < -0.39 is 5.54 Å². The predicted molar refractivity (Wildman–Crippen MR) is 77.0 cm³/mol. The average Bonchev–Trinajstić information content (AvgIpc) is 2.36. The Labute approximate surface area is 121 Å². The van der Waals surface area contributed by atoms with Crippen molar-refractivity contribution in [3.8, 4) is 0 Å². The van der Waals surface area contributed by atoms with Crippen molar-refractivity contribution in [1.82, 2.24) is 5.32 Å². The predicted octanol–water partition coefficient (Wildman–Crippen LogP) is 3.38. The minimum atomic E-state index is -0.576. The van der Waals surface area contributed by atoms with Gasteiger partial charge in [-0.2, -0.15) is 0 Å². The van der Waals surface area contributed by atoms with Gasteiger partial charge in [0.2, 0.25) is 0 Å². The molecule has 0 fully saturated rings. The van der Waals surface area contributed by atoms with Crippen LogP contribution in [0.2, 0.25) is 5.02 Å². The highest BCUT2D eigenvalue weighted by Crippen LogP contribution is 2.23. The van der Waals surface area contributed by atoms with Gasteiger partial charge in [-0.25, -0.2) is 0 Å². The maximum Gasteiger partial charge on any atom is 0.253 e. The number of halogens is 2. The van der Waals surface area contributed by atoms with Crippen molar-refractivity contribution in [3.63, 3.8) is 0 Å². The molecule has 1 amide bonds. The molecule has 1 aromatic carbocycles. The maximum atomic E-state index is 12.1. The molecular formula is C13H17BrClNO2. The SMILES string of the molecule is CCC(CC)(CO)NC(=O)c1ccc(Br)cc1Cl. The van der Waals surface area contributed by atoms with Crippen molar-refractivity contribution in [2.45, 2.75) is 32.2 Å². The Morgan fingerprint density at radius 1 is 1.44 bits per heavy atom. The molecule has 0 aliphatic heterocycles. The van der Waals surface area contributed by atoms with E-state index in [0.29, 0.717) is 23.4 Å². The molecular weight excluding hydrogens is 318 g/mol. The Morgan fingerprint density at radius 2 is 2.06 bits per heavy atom. The Balaban J connectivity index is 2.94. The van der Waals surface area contributed by atoms with Crippen LogP contribution in [0.4, 0.5) is 0 Å². The molecule has 0 saturated heterocycles. The van der Waals surface area contributed by atoms with Crippen LogP contribution in [-0.2, 0) is 0 Å². The molecule has 3 nitrogen and oxygen atoms in total. The van der Waals surface area contributed by atoms with E-state index in [1.807, 2.05) is 13.8 Å². The second-order valence-corrected chi connectivity index (χ2v) is 5.55. The zero-order valence-electron chi connectivity index (χ0n) is 10.5. The van der Waals surface area contributed by atoms with E-state index in [-0.39, 0.29) is 12.5 Å². The lowest BCUT2D eigenvalue weighted by molar-refractivity contribution is 0.0818. The summed E-state index contributed by atoms with van der Waals surface area (Å²) in [5.74, 6) is -0.259. The van der Waals surface area contributed by atoms with Crippen LogP contribution < -0.4 is 5.32 Å². The molecule has 0 radical (unpaired) electrons. The summed E-state index contributed by atoms with van der Waals surface area (Å²) in [6, 6.07) is 5.10. The molecule has 0 heterocycles. The van der Waals surface area contributed by atoms with Gasteiger partial charge in [0.25, 0.3) is 5.91 Å². The number of aliphatic hydroxyl groups excluding tert-OH is 1. The number of rotatable bonds is 5. The van der Waals surface area contributed by atoms with Crippen LogP contribution in [0, 0.1) is 0 Å². The normalized spacial score (nSPS) is 11.4. The van der Waals surface area contributed by atoms with E-state index in [1.54, 1.807) is 18.2 Å². The first-order valence-corrected chi connectivity index (χ1v) is 7.03. The lowest BCUT2D eigenvalue weighted by Crippen LogP contribution is -2.50. The van der Waals surface area contributed by atoms with Gasteiger partial charge in [0.1, 0.15) is 0 Å². The van der Waals surface area contributed by atoms with E-state index in [1.165, 1.54) is 0 Å². The zero-order valence-corrected chi connectivity index (χ0v) is 12.8. The van der Waals surface area contributed by atoms with E-state index in [0.717, 1.165) is 4.47 Å². The van der Waals surface area contributed by atoms with Crippen LogP contribution >= 0.6 is 27.5 Å². The number of benzene rings is 1. The molecule has 0 aliphatic rings. The summed E-state index contributed by atoms with van der Waals surface area (Å²) >= 11 is 9.32. The average molecular weight is 335 g/mol. The quantitative estimate of drug-likeness (QED) is 0.867. The van der Waals surface area contributed by atoms with E-state index in [4.69, 9.17) is 11.6 Å². The summed E-state index contributed by atoms with van der Waals surface area (Å²) in [4.78, 5) is 12.1. The lowest BCUT2D eigenvalue weighted by atomic mass is 9.93. The minimum absolute atomic E-state index is 0.0834. The fourth-order valence-corrected chi connectivity index (χ4v) is 2.43. The summed E-state index contributed by atoms with van der Waals surface area (Å²) in [6.07, 6.45) is 1.33. The van der Waals surface area contributed by atoms with Gasteiger partial charge in [0.05, 0.1) is 22.7 Å². The van der Waals surface area contributed by atoms with Crippen LogP contribution in [-0.4, -0.2) is 23.2 Å². The maximum absolute atomic E-state index is 12.1. The second kappa shape index (κ2) is 6.55. The molecule has 100 valence electrons. The van der Waals surface area contributed by atoms with Gasteiger partial charge in [-0.05, 0) is 31.0 Å². The van der Waals surface area contributed by atoms with Crippen LogP contribution in [0.25, 0.3) is 0 Å². The molecule has 18 heavy (non-hydrogen) atoms. The summed E-state index contributed by atoms with van der Waals surface area (Å²) in [5, 5.41) is 12.7. The third-order valence-corrected chi connectivity index (χ3v) is 4.02. The highest BCUT2D eigenvalue weighted by Gasteiger charge is 2.28. The van der Waals surface area contributed by atoms with Crippen molar-refractivity contribution in [3.05, 3.63) is 33.3 Å². The van der Waals surface area contributed by atoms with E-state index in [2.05, 4.69) is 21.2 Å². The number of amides is 1. The fourth-order valence-electron chi connectivity index (χ4n) is 1.67. The lowest BCUT2D eigenvalue weighted by Gasteiger charge is -2.30. The van der Waals surface area contributed by atoms with Gasteiger partial charge < -0.3 is 10.4 Å². The van der Waals surface area contributed by atoms with Gasteiger partial charge in [0, 0.05) is 4.47 Å². The molecule has 0 aromatic heterocycles. The highest BCUT2D eigenvalue weighted by molar-refractivity contribution is 9.10. The smallest absolute Gasteiger partial charge is 0.253 e. The van der Waals surface area contributed by atoms with Crippen molar-refractivity contribution in [2.75, 3.05) is 6.61 Å². The zero-order chi connectivity index (χ0) is 13.8. The minimum Gasteiger partial charge on any atom is -0.394 e. The molecule has 0 unspecified atom stereocenters. The van der Waals surface area contributed by atoms with Gasteiger partial charge in [-0.3, -0.25) is 4.79 Å². The molecule has 0 aliphatic carbocycles. The third kappa shape index (κ3) is 3.46. The van der Waals surface area contributed by atoms with Gasteiger partial charge in [0.15, 0.2) is 0 Å². The van der Waals surface area contributed by atoms with Crippen molar-refractivity contribution >= 4 is 33.4 Å². The molecule has 1 aromatic rings. The van der Waals surface area contributed by atoms with E-state index >= 15 is 0 Å². The van der Waals surface area contributed by atoms with Crippen molar-refractivity contribution in [2.24, 2.45) is 0 Å². The summed E-state index contributed by atoms with van der Waals surface area (Å²) in [5.41, 5.74) is -0.160. The molecule has 5 heteroatoms. The molecule has 0 spiro atoms. The van der Waals surface area contributed by atoms with Crippen LogP contribution in [0.5, 0.6) is 0 Å². The Morgan fingerprint density at radius 3 is 2.50 bits per heavy atom. The molecule has 0 bridgehead atoms. The van der Waals surface area contributed by atoms with E-state index in [9.17, 15) is 9.90 Å². The monoisotopic (exact) mass is 333 g/mol. The summed E-state index contributed by atoms with van der Waals surface area (Å²) in [7, 11) is 0. The first kappa shape index (κ1) is 15.5. The van der Waals surface area contributed by atoms with Gasteiger partial charge in [-0.1, -0.05) is 41.4 Å². The fraction of sp³-hybridized carbons (Fsp3) is 0.462. The number of hydrogen-bond donors (Lipinski definition) is 2. The number of aliphatic hydroxyl groups is 1. The molecule has 0 saturated carbocycles. The van der Waals surface area contributed by atoms with Crippen molar-refractivity contribution < 1.29 is 9.90 Å². The molecule has 0 atom stereocenters.